The van der Waals surface area contributed by atoms with E-state index < -0.39 is 0 Å². The van der Waals surface area contributed by atoms with Crippen molar-refractivity contribution in [1.82, 2.24) is 10.2 Å². The Bertz CT molecular complexity index is 328. The van der Waals surface area contributed by atoms with Crippen molar-refractivity contribution in [3.05, 3.63) is 29.8 Å². The third-order valence-electron chi connectivity index (χ3n) is 3.29. The van der Waals surface area contributed by atoms with Crippen LogP contribution in [0.25, 0.3) is 0 Å². The molecule has 0 aromatic heterocycles. The van der Waals surface area contributed by atoms with Gasteiger partial charge in [0.1, 0.15) is 5.75 Å². The number of rotatable bonds is 7. The van der Waals surface area contributed by atoms with Crippen LogP contribution in [-0.2, 0) is 6.54 Å². The zero-order valence-corrected chi connectivity index (χ0v) is 11.1. The molecule has 1 unspecified atom stereocenters. The summed E-state index contributed by atoms with van der Waals surface area (Å²) >= 11 is 0. The van der Waals surface area contributed by atoms with Crippen LogP contribution in [0.15, 0.2) is 24.3 Å². The Morgan fingerprint density at radius 2 is 2.06 bits per heavy atom. The summed E-state index contributed by atoms with van der Waals surface area (Å²) in [5.74, 6) is 0.371. The summed E-state index contributed by atoms with van der Waals surface area (Å²) in [5.41, 5.74) is 0.957. The Labute approximate surface area is 104 Å². The minimum Gasteiger partial charge on any atom is -0.508 e. The van der Waals surface area contributed by atoms with Gasteiger partial charge in [0.25, 0.3) is 0 Å². The van der Waals surface area contributed by atoms with E-state index >= 15 is 0 Å². The molecule has 17 heavy (non-hydrogen) atoms. The molecule has 0 bridgehead atoms. The largest absolute Gasteiger partial charge is 0.508 e. The third kappa shape index (κ3) is 4.75. The van der Waals surface area contributed by atoms with Gasteiger partial charge >= 0.3 is 0 Å². The van der Waals surface area contributed by atoms with Crippen LogP contribution >= 0.6 is 0 Å². The van der Waals surface area contributed by atoms with E-state index in [-0.39, 0.29) is 0 Å². The van der Waals surface area contributed by atoms with Crippen LogP contribution in [0.1, 0.15) is 25.8 Å². The molecule has 96 valence electrons. The highest BCUT2D eigenvalue weighted by molar-refractivity contribution is 5.31. The molecule has 0 saturated heterocycles. The fourth-order valence-corrected chi connectivity index (χ4v) is 1.67. The molecule has 0 saturated carbocycles. The molecule has 0 spiro atoms. The van der Waals surface area contributed by atoms with Gasteiger partial charge in [-0.15, -0.1) is 0 Å². The lowest BCUT2D eigenvalue weighted by Crippen LogP contribution is -2.34. The van der Waals surface area contributed by atoms with Gasteiger partial charge in [-0.2, -0.15) is 0 Å². The Balaban J connectivity index is 2.23. The van der Waals surface area contributed by atoms with Gasteiger partial charge in [0.2, 0.25) is 0 Å². The molecule has 0 radical (unpaired) electrons. The van der Waals surface area contributed by atoms with E-state index in [1.807, 2.05) is 18.2 Å². The second kappa shape index (κ2) is 7.30. The Morgan fingerprint density at radius 1 is 1.35 bits per heavy atom. The van der Waals surface area contributed by atoms with Crippen LogP contribution in [-0.4, -0.2) is 36.2 Å². The maximum Gasteiger partial charge on any atom is 0.120 e. The number of phenols is 1. The second-order valence-electron chi connectivity index (χ2n) is 4.54. The lowest BCUT2D eigenvalue weighted by atomic mass is 10.2. The normalized spacial score (nSPS) is 12.9. The lowest BCUT2D eigenvalue weighted by Gasteiger charge is -2.23. The quantitative estimate of drug-likeness (QED) is 0.713. The molecule has 2 N–H and O–H groups in total. The molecule has 0 aliphatic rings. The molecule has 3 nitrogen and oxygen atoms in total. The molecule has 0 aliphatic heterocycles. The van der Waals surface area contributed by atoms with E-state index in [9.17, 15) is 5.11 Å². The van der Waals surface area contributed by atoms with Crippen LogP contribution in [0.5, 0.6) is 5.75 Å². The van der Waals surface area contributed by atoms with Crippen molar-refractivity contribution in [2.75, 3.05) is 20.1 Å². The highest BCUT2D eigenvalue weighted by Crippen LogP contribution is 2.14. The molecule has 3 heteroatoms. The van der Waals surface area contributed by atoms with E-state index in [0.717, 1.165) is 25.2 Å². The SMILES string of the molecule is CCC(C)N(C)CCNCc1ccccc1O. The van der Waals surface area contributed by atoms with Crippen LogP contribution in [0.3, 0.4) is 0 Å². The zero-order valence-electron chi connectivity index (χ0n) is 11.1. The van der Waals surface area contributed by atoms with Crippen LogP contribution in [0.2, 0.25) is 0 Å². The van der Waals surface area contributed by atoms with Gasteiger partial charge in [0, 0.05) is 31.2 Å². The fourth-order valence-electron chi connectivity index (χ4n) is 1.67. The monoisotopic (exact) mass is 236 g/mol. The summed E-state index contributed by atoms with van der Waals surface area (Å²) in [6.45, 7) is 7.14. The standard InChI is InChI=1S/C14H24N2O/c1-4-12(2)16(3)10-9-15-11-13-7-5-6-8-14(13)17/h5-8,12,15,17H,4,9-11H2,1-3H3. The molecule has 1 aromatic rings. The van der Waals surface area contributed by atoms with Crippen molar-refractivity contribution in [2.45, 2.75) is 32.9 Å². The van der Waals surface area contributed by atoms with Crippen molar-refractivity contribution in [3.63, 3.8) is 0 Å². The van der Waals surface area contributed by atoms with Gasteiger partial charge in [-0.3, -0.25) is 0 Å². The van der Waals surface area contributed by atoms with Gasteiger partial charge in [-0.25, -0.2) is 0 Å². The van der Waals surface area contributed by atoms with Crippen molar-refractivity contribution < 1.29 is 5.11 Å². The van der Waals surface area contributed by atoms with Gasteiger partial charge in [0.05, 0.1) is 0 Å². The van der Waals surface area contributed by atoms with E-state index in [0.29, 0.717) is 11.8 Å². The van der Waals surface area contributed by atoms with Crippen molar-refractivity contribution >= 4 is 0 Å². The first-order chi connectivity index (χ1) is 8.15. The second-order valence-corrected chi connectivity index (χ2v) is 4.54. The maximum absolute atomic E-state index is 9.59. The number of benzene rings is 1. The van der Waals surface area contributed by atoms with Gasteiger partial charge < -0.3 is 15.3 Å². The van der Waals surface area contributed by atoms with Crippen LogP contribution in [0.4, 0.5) is 0 Å². The number of para-hydroxylation sites is 1. The molecule has 1 rings (SSSR count). The predicted octanol–water partition coefficient (Wildman–Crippen LogP) is 2.21. The van der Waals surface area contributed by atoms with Crippen molar-refractivity contribution in [1.29, 1.82) is 0 Å². The van der Waals surface area contributed by atoms with Gasteiger partial charge in [-0.05, 0) is 26.5 Å². The first-order valence-corrected chi connectivity index (χ1v) is 6.33. The fraction of sp³-hybridized carbons (Fsp3) is 0.571. The molecular weight excluding hydrogens is 212 g/mol. The molecule has 0 aliphatic carbocycles. The number of phenolic OH excluding ortho intramolecular Hbond substituents is 1. The minimum absolute atomic E-state index is 0.371. The smallest absolute Gasteiger partial charge is 0.120 e. The molecule has 1 aromatic carbocycles. The first-order valence-electron chi connectivity index (χ1n) is 6.33. The Kier molecular flexibility index (Phi) is 6.01. The van der Waals surface area contributed by atoms with Gasteiger partial charge in [-0.1, -0.05) is 25.1 Å². The Hall–Kier alpha value is -1.06. The van der Waals surface area contributed by atoms with E-state index in [2.05, 4.69) is 31.1 Å². The maximum atomic E-state index is 9.59. The highest BCUT2D eigenvalue weighted by atomic mass is 16.3. The molecule has 1 atom stereocenters. The molecule has 0 amide bonds. The summed E-state index contributed by atoms with van der Waals surface area (Å²) in [6.07, 6.45) is 1.18. The number of nitrogens with zero attached hydrogens (tertiary/aromatic N) is 1. The third-order valence-corrected chi connectivity index (χ3v) is 3.29. The molecular formula is C14H24N2O. The minimum atomic E-state index is 0.371. The summed E-state index contributed by atoms with van der Waals surface area (Å²) in [6, 6.07) is 8.09. The molecule has 0 heterocycles. The number of hydrogen-bond donors (Lipinski definition) is 2. The van der Waals surface area contributed by atoms with Crippen molar-refractivity contribution in [2.24, 2.45) is 0 Å². The van der Waals surface area contributed by atoms with Crippen molar-refractivity contribution in [3.8, 4) is 5.75 Å². The summed E-state index contributed by atoms with van der Waals surface area (Å²) < 4.78 is 0. The predicted molar refractivity (Wildman–Crippen MR) is 72.2 cm³/mol. The number of nitrogens with one attached hydrogen (secondary N) is 1. The topological polar surface area (TPSA) is 35.5 Å². The summed E-state index contributed by atoms with van der Waals surface area (Å²) in [5, 5.41) is 12.9. The summed E-state index contributed by atoms with van der Waals surface area (Å²) in [4.78, 5) is 2.35. The highest BCUT2D eigenvalue weighted by Gasteiger charge is 2.05. The first kappa shape index (κ1) is 14.0. The zero-order chi connectivity index (χ0) is 12.7. The van der Waals surface area contributed by atoms with E-state index in [1.54, 1.807) is 6.07 Å². The number of hydrogen-bond acceptors (Lipinski definition) is 3. The average Bonchev–Trinajstić information content (AvgIpc) is 2.35. The Morgan fingerprint density at radius 3 is 2.71 bits per heavy atom. The van der Waals surface area contributed by atoms with E-state index in [1.165, 1.54) is 6.42 Å². The van der Waals surface area contributed by atoms with Crippen LogP contribution < -0.4 is 5.32 Å². The van der Waals surface area contributed by atoms with Crippen LogP contribution in [0, 0.1) is 0 Å². The van der Waals surface area contributed by atoms with E-state index in [4.69, 9.17) is 0 Å². The summed E-state index contributed by atoms with van der Waals surface area (Å²) in [7, 11) is 2.15. The number of likely N-dealkylation sites (N-methyl/N-ethyl adjacent to an activating group) is 1. The van der Waals surface area contributed by atoms with Gasteiger partial charge in [0.15, 0.2) is 0 Å². The average molecular weight is 236 g/mol. The number of aromatic hydroxyl groups is 1. The lowest BCUT2D eigenvalue weighted by molar-refractivity contribution is 0.251. The molecule has 0 fully saturated rings.